The molecule has 26 heavy (non-hydrogen) atoms. The Bertz CT molecular complexity index is 794. The Morgan fingerprint density at radius 1 is 1.23 bits per heavy atom. The van der Waals surface area contributed by atoms with Gasteiger partial charge in [-0.15, -0.1) is 0 Å². The summed E-state index contributed by atoms with van der Waals surface area (Å²) in [5.74, 6) is 2.04. The number of aliphatic hydroxyl groups is 1. The molecular weight excluding hydrogens is 329 g/mol. The highest BCUT2D eigenvalue weighted by Crippen LogP contribution is 2.67. The molecule has 0 saturated heterocycles. The lowest BCUT2D eigenvalue weighted by molar-refractivity contribution is 0.274. The molecular formula is C21H28FN3O. The summed E-state index contributed by atoms with van der Waals surface area (Å²) in [5.41, 5.74) is 0.227. The van der Waals surface area contributed by atoms with Gasteiger partial charge in [-0.3, -0.25) is 0 Å². The second-order valence-corrected chi connectivity index (χ2v) is 8.52. The van der Waals surface area contributed by atoms with Gasteiger partial charge in [-0.05, 0) is 37.2 Å². The van der Waals surface area contributed by atoms with E-state index in [1.807, 2.05) is 16.8 Å². The zero-order valence-electron chi connectivity index (χ0n) is 15.7. The molecule has 4 rings (SSSR count). The molecule has 2 aliphatic carbocycles. The van der Waals surface area contributed by atoms with Crippen molar-refractivity contribution in [1.29, 1.82) is 0 Å². The molecule has 4 nitrogen and oxygen atoms in total. The standard InChI is InChI=1S/C21H28FN3O/c1-20(2)14-21(20,16-10-5-6-11-17(16)22)19-23-18(15-8-3-4-9-15)24-25(19)12-7-13-26/h5-6,10-11,15,26H,3-4,7-9,12-14H2,1-2H3. The number of nitrogens with zero attached hydrogens (tertiary/aromatic N) is 3. The molecule has 0 radical (unpaired) electrons. The van der Waals surface area contributed by atoms with Crippen LogP contribution < -0.4 is 0 Å². The zero-order chi connectivity index (χ0) is 18.4. The largest absolute Gasteiger partial charge is 0.396 e. The number of aliphatic hydroxyl groups excluding tert-OH is 1. The average molecular weight is 357 g/mol. The Morgan fingerprint density at radius 3 is 2.54 bits per heavy atom. The van der Waals surface area contributed by atoms with E-state index >= 15 is 0 Å². The lowest BCUT2D eigenvalue weighted by Gasteiger charge is -2.22. The van der Waals surface area contributed by atoms with Crippen LogP contribution >= 0.6 is 0 Å². The summed E-state index contributed by atoms with van der Waals surface area (Å²) in [4.78, 5) is 5.00. The first kappa shape index (κ1) is 17.7. The second kappa shape index (κ2) is 6.45. The smallest absolute Gasteiger partial charge is 0.154 e. The lowest BCUT2D eigenvalue weighted by atomic mass is 9.86. The van der Waals surface area contributed by atoms with Gasteiger partial charge in [-0.25, -0.2) is 14.1 Å². The van der Waals surface area contributed by atoms with Crippen LogP contribution in [-0.2, 0) is 12.0 Å². The van der Waals surface area contributed by atoms with Crippen LogP contribution in [0.5, 0.6) is 0 Å². The summed E-state index contributed by atoms with van der Waals surface area (Å²) in [7, 11) is 0. The number of aryl methyl sites for hydroxylation is 1. The summed E-state index contributed by atoms with van der Waals surface area (Å²) in [5, 5.41) is 14.1. The van der Waals surface area contributed by atoms with Crippen LogP contribution in [-0.4, -0.2) is 26.5 Å². The minimum absolute atomic E-state index is 0.0634. The number of halogens is 1. The summed E-state index contributed by atoms with van der Waals surface area (Å²) < 4.78 is 16.7. The molecule has 0 aliphatic heterocycles. The van der Waals surface area contributed by atoms with Gasteiger partial charge >= 0.3 is 0 Å². The van der Waals surface area contributed by atoms with Crippen LogP contribution in [0.15, 0.2) is 24.3 Å². The molecule has 2 aromatic rings. The predicted octanol–water partition coefficient (Wildman–Crippen LogP) is 4.17. The fourth-order valence-corrected chi connectivity index (χ4v) is 4.80. The first-order chi connectivity index (χ1) is 12.5. The van der Waals surface area contributed by atoms with Gasteiger partial charge in [-0.2, -0.15) is 5.10 Å². The summed E-state index contributed by atoms with van der Waals surface area (Å²) >= 11 is 0. The first-order valence-electron chi connectivity index (χ1n) is 9.81. The van der Waals surface area contributed by atoms with Crippen molar-refractivity contribution in [3.05, 3.63) is 47.3 Å². The number of hydrogen-bond acceptors (Lipinski definition) is 3. The van der Waals surface area contributed by atoms with E-state index in [1.165, 1.54) is 18.9 Å². The monoisotopic (exact) mass is 357 g/mol. The van der Waals surface area contributed by atoms with Gasteiger partial charge in [0.2, 0.25) is 0 Å². The maximum atomic E-state index is 14.7. The second-order valence-electron chi connectivity index (χ2n) is 8.52. The maximum absolute atomic E-state index is 14.7. The topological polar surface area (TPSA) is 50.9 Å². The van der Waals surface area contributed by atoms with Crippen molar-refractivity contribution < 1.29 is 9.50 Å². The van der Waals surface area contributed by atoms with Gasteiger partial charge in [0.15, 0.2) is 5.82 Å². The molecule has 2 fully saturated rings. The Kier molecular flexibility index (Phi) is 4.38. The third kappa shape index (κ3) is 2.68. The molecule has 0 amide bonds. The molecule has 1 N–H and O–H groups in total. The predicted molar refractivity (Wildman–Crippen MR) is 98.5 cm³/mol. The SMILES string of the molecule is CC1(C)CC1(c1ccccc1F)c1nc(C2CCCC2)nn1CCCO. The van der Waals surface area contributed by atoms with Crippen LogP contribution in [0, 0.1) is 11.2 Å². The zero-order valence-corrected chi connectivity index (χ0v) is 15.7. The van der Waals surface area contributed by atoms with Crippen LogP contribution in [0.4, 0.5) is 4.39 Å². The van der Waals surface area contributed by atoms with Crippen molar-refractivity contribution in [2.75, 3.05) is 6.61 Å². The molecule has 1 unspecified atom stereocenters. The molecule has 1 aromatic carbocycles. The fourth-order valence-electron chi connectivity index (χ4n) is 4.80. The number of hydrogen-bond donors (Lipinski definition) is 1. The number of aromatic nitrogens is 3. The van der Waals surface area contributed by atoms with Crippen molar-refractivity contribution in [2.45, 2.75) is 70.3 Å². The van der Waals surface area contributed by atoms with Crippen molar-refractivity contribution >= 4 is 0 Å². The van der Waals surface area contributed by atoms with Crippen molar-refractivity contribution in [1.82, 2.24) is 14.8 Å². The summed E-state index contributed by atoms with van der Waals surface area (Å²) in [6.45, 7) is 5.10. The maximum Gasteiger partial charge on any atom is 0.154 e. The normalized spacial score (nSPS) is 24.9. The van der Waals surface area contributed by atoms with E-state index in [9.17, 15) is 9.50 Å². The van der Waals surface area contributed by atoms with Crippen molar-refractivity contribution in [3.63, 3.8) is 0 Å². The molecule has 1 atom stereocenters. The first-order valence-corrected chi connectivity index (χ1v) is 9.81. The third-order valence-electron chi connectivity index (χ3n) is 6.39. The molecule has 0 bridgehead atoms. The molecule has 5 heteroatoms. The molecule has 1 aromatic heterocycles. The number of rotatable bonds is 6. The van der Waals surface area contributed by atoms with Gasteiger partial charge in [0.05, 0.1) is 5.41 Å². The van der Waals surface area contributed by atoms with Crippen molar-refractivity contribution in [3.8, 4) is 0 Å². The molecule has 2 saturated carbocycles. The Labute approximate surface area is 154 Å². The van der Waals surface area contributed by atoms with Crippen LogP contribution in [0.25, 0.3) is 0 Å². The van der Waals surface area contributed by atoms with E-state index in [-0.39, 0.29) is 17.8 Å². The van der Waals surface area contributed by atoms with Gasteiger partial charge in [0, 0.05) is 24.6 Å². The van der Waals surface area contributed by atoms with E-state index < -0.39 is 5.41 Å². The molecule has 140 valence electrons. The summed E-state index contributed by atoms with van der Waals surface area (Å²) in [6.07, 6.45) is 6.24. The van der Waals surface area contributed by atoms with E-state index in [0.29, 0.717) is 18.9 Å². The molecule has 0 spiro atoms. The highest BCUT2D eigenvalue weighted by atomic mass is 19.1. The van der Waals surface area contributed by atoms with Gasteiger partial charge in [0.1, 0.15) is 11.6 Å². The van der Waals surface area contributed by atoms with Crippen LogP contribution in [0.3, 0.4) is 0 Å². The quantitative estimate of drug-likeness (QED) is 0.844. The summed E-state index contributed by atoms with van der Waals surface area (Å²) in [6, 6.07) is 7.07. The van der Waals surface area contributed by atoms with Crippen LogP contribution in [0.1, 0.15) is 75.5 Å². The molecule has 1 heterocycles. The van der Waals surface area contributed by atoms with E-state index in [1.54, 1.807) is 6.07 Å². The number of benzene rings is 1. The van der Waals surface area contributed by atoms with Crippen LogP contribution in [0.2, 0.25) is 0 Å². The fraction of sp³-hybridized carbons (Fsp3) is 0.619. The van der Waals surface area contributed by atoms with E-state index in [0.717, 1.165) is 36.5 Å². The Balaban J connectivity index is 1.82. The Morgan fingerprint density at radius 2 is 1.92 bits per heavy atom. The third-order valence-corrected chi connectivity index (χ3v) is 6.39. The lowest BCUT2D eigenvalue weighted by Crippen LogP contribution is -2.24. The van der Waals surface area contributed by atoms with Crippen molar-refractivity contribution in [2.24, 2.45) is 5.41 Å². The minimum Gasteiger partial charge on any atom is -0.396 e. The average Bonchev–Trinajstić information content (AvgIpc) is 3.06. The van der Waals surface area contributed by atoms with Gasteiger partial charge in [-0.1, -0.05) is 44.9 Å². The van der Waals surface area contributed by atoms with E-state index in [2.05, 4.69) is 13.8 Å². The highest BCUT2D eigenvalue weighted by molar-refractivity contribution is 5.46. The van der Waals surface area contributed by atoms with Gasteiger partial charge in [0.25, 0.3) is 0 Å². The highest BCUT2D eigenvalue weighted by Gasteiger charge is 2.66. The molecule has 2 aliphatic rings. The Hall–Kier alpha value is -1.75. The minimum atomic E-state index is -0.433. The van der Waals surface area contributed by atoms with E-state index in [4.69, 9.17) is 10.1 Å². The van der Waals surface area contributed by atoms with Gasteiger partial charge < -0.3 is 5.11 Å².